The van der Waals surface area contributed by atoms with E-state index in [9.17, 15) is 14.4 Å². The maximum Gasteiger partial charge on any atom is 0.326 e. The molecule has 7 nitrogen and oxygen atoms in total. The van der Waals surface area contributed by atoms with Gasteiger partial charge in [0.2, 0.25) is 0 Å². The van der Waals surface area contributed by atoms with E-state index < -0.39 is 24.0 Å². The van der Waals surface area contributed by atoms with Crippen LogP contribution in [0.5, 0.6) is 0 Å². The summed E-state index contributed by atoms with van der Waals surface area (Å²) < 4.78 is 4.48. The highest BCUT2D eigenvalue weighted by Crippen LogP contribution is 1.98. The molecule has 1 unspecified atom stereocenters. The van der Waals surface area contributed by atoms with Crippen LogP contribution in [0, 0.1) is 0 Å². The summed E-state index contributed by atoms with van der Waals surface area (Å²) in [5, 5.41) is 11.2. The first-order valence-corrected chi connectivity index (χ1v) is 5.81. The van der Waals surface area contributed by atoms with Crippen molar-refractivity contribution in [1.82, 2.24) is 10.2 Å². The molecule has 0 aliphatic carbocycles. The molecular formula is C11H20N2O5. The molecule has 0 aromatic rings. The molecule has 0 aliphatic heterocycles. The molecule has 104 valence electrons. The van der Waals surface area contributed by atoms with Gasteiger partial charge >= 0.3 is 18.0 Å². The summed E-state index contributed by atoms with van der Waals surface area (Å²) >= 11 is 0. The molecule has 0 aromatic heterocycles. The molecule has 0 bridgehead atoms. The number of carbonyl (C=O) groups is 3. The van der Waals surface area contributed by atoms with Crippen molar-refractivity contribution in [2.24, 2.45) is 0 Å². The van der Waals surface area contributed by atoms with Crippen LogP contribution in [0.2, 0.25) is 0 Å². The molecule has 18 heavy (non-hydrogen) atoms. The van der Waals surface area contributed by atoms with Crippen molar-refractivity contribution in [3.63, 3.8) is 0 Å². The van der Waals surface area contributed by atoms with E-state index in [4.69, 9.17) is 5.11 Å². The Balaban J connectivity index is 4.55. The fourth-order valence-corrected chi connectivity index (χ4v) is 1.32. The highest BCUT2D eigenvalue weighted by atomic mass is 16.5. The van der Waals surface area contributed by atoms with Crippen LogP contribution in [0.1, 0.15) is 26.7 Å². The topological polar surface area (TPSA) is 95.9 Å². The van der Waals surface area contributed by atoms with Crippen molar-refractivity contribution in [3.8, 4) is 0 Å². The van der Waals surface area contributed by atoms with Crippen LogP contribution in [0.15, 0.2) is 0 Å². The van der Waals surface area contributed by atoms with E-state index in [2.05, 4.69) is 10.1 Å². The highest BCUT2D eigenvalue weighted by Gasteiger charge is 2.22. The minimum Gasteiger partial charge on any atom is -0.480 e. The van der Waals surface area contributed by atoms with Gasteiger partial charge in [-0.25, -0.2) is 9.59 Å². The Labute approximate surface area is 106 Å². The number of hydrogen-bond acceptors (Lipinski definition) is 4. The molecular weight excluding hydrogens is 240 g/mol. The Morgan fingerprint density at radius 2 is 1.94 bits per heavy atom. The summed E-state index contributed by atoms with van der Waals surface area (Å²) in [5.41, 5.74) is 0. The Morgan fingerprint density at radius 3 is 2.33 bits per heavy atom. The van der Waals surface area contributed by atoms with Crippen molar-refractivity contribution in [2.45, 2.75) is 32.7 Å². The minimum absolute atomic E-state index is 0.188. The number of methoxy groups -OCH3 is 1. The quantitative estimate of drug-likeness (QED) is 0.648. The van der Waals surface area contributed by atoms with Crippen molar-refractivity contribution < 1.29 is 24.2 Å². The molecule has 0 aromatic carbocycles. The highest BCUT2D eigenvalue weighted by molar-refractivity contribution is 5.85. The summed E-state index contributed by atoms with van der Waals surface area (Å²) in [7, 11) is 1.23. The van der Waals surface area contributed by atoms with Gasteiger partial charge in [0.15, 0.2) is 0 Å². The number of esters is 1. The van der Waals surface area contributed by atoms with Crippen LogP contribution >= 0.6 is 0 Å². The predicted octanol–water partition coefficient (Wildman–Crippen LogP) is 0.444. The Kier molecular flexibility index (Phi) is 7.50. The lowest BCUT2D eigenvalue weighted by atomic mass is 10.2. The number of urea groups is 1. The van der Waals surface area contributed by atoms with Gasteiger partial charge in [-0.15, -0.1) is 0 Å². The molecule has 1 atom stereocenters. The third kappa shape index (κ3) is 5.51. The Hall–Kier alpha value is -1.79. The van der Waals surface area contributed by atoms with Crippen LogP contribution < -0.4 is 5.32 Å². The fraction of sp³-hybridized carbons (Fsp3) is 0.727. The number of ether oxygens (including phenoxy) is 1. The second-order valence-corrected chi connectivity index (χ2v) is 3.75. The van der Waals surface area contributed by atoms with Gasteiger partial charge in [0, 0.05) is 6.54 Å². The molecule has 2 N–H and O–H groups in total. The van der Waals surface area contributed by atoms with Crippen molar-refractivity contribution in [3.05, 3.63) is 0 Å². The molecule has 0 saturated heterocycles. The normalized spacial score (nSPS) is 11.5. The molecule has 2 amide bonds. The SMILES string of the molecule is CCCN(CC(=O)OC)C(=O)NC(CC)C(=O)O. The van der Waals surface area contributed by atoms with Crippen LogP contribution in [-0.2, 0) is 14.3 Å². The van der Waals surface area contributed by atoms with Gasteiger partial charge in [0.1, 0.15) is 12.6 Å². The molecule has 0 rings (SSSR count). The van der Waals surface area contributed by atoms with Gasteiger partial charge < -0.3 is 20.1 Å². The lowest BCUT2D eigenvalue weighted by molar-refractivity contribution is -0.141. The van der Waals surface area contributed by atoms with Crippen molar-refractivity contribution >= 4 is 18.0 Å². The maximum absolute atomic E-state index is 11.8. The monoisotopic (exact) mass is 260 g/mol. The average molecular weight is 260 g/mol. The molecule has 0 saturated carbocycles. The molecule has 0 spiro atoms. The van der Waals surface area contributed by atoms with E-state index in [0.717, 1.165) is 0 Å². The first kappa shape index (κ1) is 16.2. The summed E-state index contributed by atoms with van der Waals surface area (Å²) in [6.45, 7) is 3.68. The molecule has 0 radical (unpaired) electrons. The number of amides is 2. The van der Waals surface area contributed by atoms with Gasteiger partial charge in [-0.3, -0.25) is 4.79 Å². The van der Waals surface area contributed by atoms with E-state index in [1.54, 1.807) is 6.92 Å². The van der Waals surface area contributed by atoms with E-state index in [0.29, 0.717) is 13.0 Å². The third-order valence-electron chi connectivity index (χ3n) is 2.33. The van der Waals surface area contributed by atoms with E-state index in [1.165, 1.54) is 12.0 Å². The minimum atomic E-state index is -1.10. The average Bonchev–Trinajstić information content (AvgIpc) is 2.34. The van der Waals surface area contributed by atoms with Crippen LogP contribution in [0.4, 0.5) is 4.79 Å². The van der Waals surface area contributed by atoms with Gasteiger partial charge in [-0.2, -0.15) is 0 Å². The number of carboxylic acid groups (broad SMARTS) is 1. The van der Waals surface area contributed by atoms with Gasteiger partial charge in [-0.05, 0) is 12.8 Å². The van der Waals surface area contributed by atoms with Gasteiger partial charge in [0.05, 0.1) is 7.11 Å². The number of carboxylic acids is 1. The second-order valence-electron chi connectivity index (χ2n) is 3.75. The van der Waals surface area contributed by atoms with E-state index in [1.807, 2.05) is 6.92 Å². The fourth-order valence-electron chi connectivity index (χ4n) is 1.32. The second kappa shape index (κ2) is 8.32. The van der Waals surface area contributed by atoms with E-state index in [-0.39, 0.29) is 13.0 Å². The van der Waals surface area contributed by atoms with Gasteiger partial charge in [-0.1, -0.05) is 13.8 Å². The zero-order valence-corrected chi connectivity index (χ0v) is 10.9. The lowest BCUT2D eigenvalue weighted by Crippen LogP contribution is -2.49. The largest absolute Gasteiger partial charge is 0.480 e. The van der Waals surface area contributed by atoms with Crippen LogP contribution in [0.25, 0.3) is 0 Å². The zero-order chi connectivity index (χ0) is 14.1. The molecule has 0 aliphatic rings. The van der Waals surface area contributed by atoms with Crippen LogP contribution in [0.3, 0.4) is 0 Å². The number of hydrogen-bond donors (Lipinski definition) is 2. The Morgan fingerprint density at radius 1 is 1.33 bits per heavy atom. The maximum atomic E-state index is 11.8. The summed E-state index contributed by atoms with van der Waals surface area (Å²) in [6.07, 6.45) is 0.938. The lowest BCUT2D eigenvalue weighted by Gasteiger charge is -2.23. The standard InChI is InChI=1S/C11H20N2O5/c1-4-6-13(7-9(14)18-3)11(17)12-8(5-2)10(15)16/h8H,4-7H2,1-3H3,(H,12,17)(H,15,16). The van der Waals surface area contributed by atoms with Crippen molar-refractivity contribution in [2.75, 3.05) is 20.2 Å². The van der Waals surface area contributed by atoms with Crippen LogP contribution in [-0.4, -0.2) is 54.2 Å². The first-order valence-electron chi connectivity index (χ1n) is 5.81. The smallest absolute Gasteiger partial charge is 0.326 e. The number of aliphatic carboxylic acids is 1. The molecule has 0 heterocycles. The third-order valence-corrected chi connectivity index (χ3v) is 2.33. The molecule has 0 fully saturated rings. The van der Waals surface area contributed by atoms with Gasteiger partial charge in [0.25, 0.3) is 0 Å². The zero-order valence-electron chi connectivity index (χ0n) is 10.9. The summed E-state index contributed by atoms with van der Waals surface area (Å²) in [6, 6.07) is -1.52. The predicted molar refractivity (Wildman–Crippen MR) is 64.1 cm³/mol. The number of nitrogens with zero attached hydrogens (tertiary/aromatic N) is 1. The number of nitrogens with one attached hydrogen (secondary N) is 1. The summed E-state index contributed by atoms with van der Waals surface area (Å²) in [5.74, 6) is -1.64. The van der Waals surface area contributed by atoms with Crippen molar-refractivity contribution in [1.29, 1.82) is 0 Å². The number of rotatable bonds is 7. The van der Waals surface area contributed by atoms with E-state index >= 15 is 0 Å². The Bertz CT molecular complexity index is 306. The summed E-state index contributed by atoms with van der Waals surface area (Å²) in [4.78, 5) is 35.0. The number of carbonyl (C=O) groups excluding carboxylic acids is 2. The first-order chi connectivity index (χ1) is 8.46. The molecule has 7 heteroatoms.